The molecule has 0 fully saturated rings. The number of sulfonamides is 1. The summed E-state index contributed by atoms with van der Waals surface area (Å²) < 4.78 is 31.4. The highest BCUT2D eigenvalue weighted by molar-refractivity contribution is 7.92. The molecule has 0 radical (unpaired) electrons. The molecule has 8 heteroatoms. The van der Waals surface area contributed by atoms with Crippen LogP contribution < -0.4 is 0 Å². The third-order valence-electron chi connectivity index (χ3n) is 3.58. The van der Waals surface area contributed by atoms with Gasteiger partial charge in [-0.15, -0.1) is 10.2 Å². The Morgan fingerprint density at radius 2 is 1.77 bits per heavy atom. The fraction of sp³-hybridized carbons (Fsp3) is 0.111. The number of nitrogens with zero attached hydrogens (tertiary/aromatic N) is 3. The van der Waals surface area contributed by atoms with Crippen LogP contribution in [0.5, 0.6) is 0 Å². The Bertz CT molecular complexity index is 1000. The van der Waals surface area contributed by atoms with Gasteiger partial charge >= 0.3 is 0 Å². The van der Waals surface area contributed by atoms with Gasteiger partial charge in [0.05, 0.1) is 6.54 Å². The average molecular weight is 390 g/mol. The van der Waals surface area contributed by atoms with Crippen molar-refractivity contribution in [3.8, 4) is 11.5 Å². The number of hydrogen-bond donors (Lipinski definition) is 0. The molecule has 0 aliphatic rings. The Kier molecular flexibility index (Phi) is 5.51. The highest BCUT2D eigenvalue weighted by atomic mass is 35.5. The molecule has 3 aromatic rings. The van der Waals surface area contributed by atoms with Crippen molar-refractivity contribution >= 4 is 27.7 Å². The maximum Gasteiger partial charge on any atom is 0.247 e. The monoisotopic (exact) mass is 389 g/mol. The topological polar surface area (TPSA) is 76.3 Å². The van der Waals surface area contributed by atoms with Gasteiger partial charge in [0, 0.05) is 23.0 Å². The first-order chi connectivity index (χ1) is 12.4. The molecule has 0 unspecified atom stereocenters. The maximum absolute atomic E-state index is 12.4. The summed E-state index contributed by atoms with van der Waals surface area (Å²) in [6.45, 7) is -0.0257. The Morgan fingerprint density at radius 1 is 1.08 bits per heavy atom. The second-order valence-corrected chi connectivity index (χ2v) is 7.88. The van der Waals surface area contributed by atoms with Gasteiger partial charge in [-0.25, -0.2) is 8.42 Å². The van der Waals surface area contributed by atoms with E-state index in [1.54, 1.807) is 30.3 Å². The van der Waals surface area contributed by atoms with Gasteiger partial charge in [0.1, 0.15) is 0 Å². The van der Waals surface area contributed by atoms with Crippen molar-refractivity contribution in [3.63, 3.8) is 0 Å². The third-order valence-corrected chi connectivity index (χ3v) is 5.31. The van der Waals surface area contributed by atoms with E-state index in [-0.39, 0.29) is 12.4 Å². The molecule has 1 aromatic heterocycles. The minimum absolute atomic E-state index is 0.0257. The molecular weight excluding hydrogens is 374 g/mol. The summed E-state index contributed by atoms with van der Waals surface area (Å²) in [6, 6.07) is 16.1. The largest absolute Gasteiger partial charge is 0.419 e. The molecule has 1 heterocycles. The summed E-state index contributed by atoms with van der Waals surface area (Å²) in [5.74, 6) is 0.511. The zero-order valence-corrected chi connectivity index (χ0v) is 15.5. The lowest BCUT2D eigenvalue weighted by Crippen LogP contribution is -2.24. The van der Waals surface area contributed by atoms with Gasteiger partial charge in [-0.2, -0.15) is 4.31 Å². The lowest BCUT2D eigenvalue weighted by atomic mass is 10.2. The second-order valence-electron chi connectivity index (χ2n) is 5.52. The van der Waals surface area contributed by atoms with Crippen molar-refractivity contribution in [2.75, 3.05) is 7.05 Å². The number of aromatic nitrogens is 2. The van der Waals surface area contributed by atoms with E-state index in [1.165, 1.54) is 7.05 Å². The van der Waals surface area contributed by atoms with Crippen molar-refractivity contribution in [1.29, 1.82) is 0 Å². The summed E-state index contributed by atoms with van der Waals surface area (Å²) in [6.07, 6.45) is 1.54. The van der Waals surface area contributed by atoms with E-state index in [1.807, 2.05) is 30.3 Å². The van der Waals surface area contributed by atoms with Crippen LogP contribution in [0, 0.1) is 0 Å². The van der Waals surface area contributed by atoms with E-state index in [9.17, 15) is 8.42 Å². The van der Waals surface area contributed by atoms with Crippen LogP contribution in [-0.2, 0) is 16.6 Å². The molecule has 0 aliphatic carbocycles. The lowest BCUT2D eigenvalue weighted by Gasteiger charge is -2.11. The molecule has 26 heavy (non-hydrogen) atoms. The van der Waals surface area contributed by atoms with E-state index >= 15 is 0 Å². The van der Waals surface area contributed by atoms with Crippen LogP contribution in [0.4, 0.5) is 0 Å². The van der Waals surface area contributed by atoms with Crippen LogP contribution in [0.1, 0.15) is 11.5 Å². The summed E-state index contributed by atoms with van der Waals surface area (Å²) in [5.41, 5.74) is 1.51. The SMILES string of the molecule is CN(Cc1nnc(-c2ccc(Cl)cc2)o1)S(=O)(=O)/C=C/c1ccccc1. The Balaban J connectivity index is 1.70. The quantitative estimate of drug-likeness (QED) is 0.640. The van der Waals surface area contributed by atoms with Gasteiger partial charge in [0.15, 0.2) is 0 Å². The summed E-state index contributed by atoms with van der Waals surface area (Å²) in [7, 11) is -2.15. The number of halogens is 1. The van der Waals surface area contributed by atoms with E-state index in [2.05, 4.69) is 10.2 Å². The smallest absolute Gasteiger partial charge is 0.247 e. The minimum Gasteiger partial charge on any atom is -0.419 e. The minimum atomic E-state index is -3.61. The van der Waals surface area contributed by atoms with Crippen LogP contribution in [0.15, 0.2) is 64.4 Å². The van der Waals surface area contributed by atoms with Gasteiger partial charge in [0.2, 0.25) is 21.8 Å². The van der Waals surface area contributed by atoms with Crippen LogP contribution in [-0.4, -0.2) is 30.0 Å². The van der Waals surface area contributed by atoms with Gasteiger partial charge in [-0.3, -0.25) is 0 Å². The first kappa shape index (κ1) is 18.3. The van der Waals surface area contributed by atoms with Crippen molar-refractivity contribution in [3.05, 3.63) is 76.5 Å². The Morgan fingerprint density at radius 3 is 2.46 bits per heavy atom. The molecule has 0 saturated heterocycles. The van der Waals surface area contributed by atoms with E-state index in [0.29, 0.717) is 16.5 Å². The standard InChI is InChI=1S/C18H16ClN3O3S/c1-22(26(23,24)12-11-14-5-3-2-4-6-14)13-17-20-21-18(25-17)15-7-9-16(19)10-8-15/h2-12H,13H2,1H3/b12-11+. The van der Waals surface area contributed by atoms with E-state index in [4.69, 9.17) is 16.0 Å². The predicted molar refractivity (Wildman–Crippen MR) is 101 cm³/mol. The zero-order valence-electron chi connectivity index (χ0n) is 13.9. The summed E-state index contributed by atoms with van der Waals surface area (Å²) in [4.78, 5) is 0. The molecule has 0 atom stereocenters. The number of hydrogen-bond acceptors (Lipinski definition) is 5. The zero-order chi connectivity index (χ0) is 18.6. The molecule has 0 N–H and O–H groups in total. The molecule has 134 valence electrons. The normalized spacial score (nSPS) is 12.1. The number of rotatable bonds is 6. The highest BCUT2D eigenvalue weighted by Gasteiger charge is 2.18. The van der Waals surface area contributed by atoms with E-state index < -0.39 is 10.0 Å². The van der Waals surface area contributed by atoms with Crippen molar-refractivity contribution < 1.29 is 12.8 Å². The first-order valence-electron chi connectivity index (χ1n) is 7.72. The Labute approximate surface area is 156 Å². The molecule has 3 rings (SSSR count). The van der Waals surface area contributed by atoms with Gasteiger partial charge in [0.25, 0.3) is 0 Å². The lowest BCUT2D eigenvalue weighted by molar-refractivity contribution is 0.404. The molecule has 0 aliphatic heterocycles. The molecule has 0 bridgehead atoms. The Hall–Kier alpha value is -2.48. The fourth-order valence-corrected chi connectivity index (χ4v) is 3.09. The predicted octanol–water partition coefficient (Wildman–Crippen LogP) is 3.82. The molecule has 0 amide bonds. The second kappa shape index (κ2) is 7.82. The van der Waals surface area contributed by atoms with Crippen molar-refractivity contribution in [2.24, 2.45) is 0 Å². The molecule has 2 aromatic carbocycles. The van der Waals surface area contributed by atoms with Crippen LogP contribution in [0.3, 0.4) is 0 Å². The first-order valence-corrected chi connectivity index (χ1v) is 9.60. The highest BCUT2D eigenvalue weighted by Crippen LogP contribution is 2.21. The molecule has 0 spiro atoms. The molecule has 6 nitrogen and oxygen atoms in total. The van der Waals surface area contributed by atoms with E-state index in [0.717, 1.165) is 15.3 Å². The molecule has 0 saturated carbocycles. The summed E-state index contributed by atoms with van der Waals surface area (Å²) >= 11 is 5.85. The fourth-order valence-electron chi connectivity index (χ4n) is 2.14. The third kappa shape index (κ3) is 4.57. The van der Waals surface area contributed by atoms with Gasteiger partial charge in [-0.05, 0) is 35.9 Å². The average Bonchev–Trinajstić information content (AvgIpc) is 3.10. The van der Waals surface area contributed by atoms with Gasteiger partial charge in [-0.1, -0.05) is 41.9 Å². The van der Waals surface area contributed by atoms with Gasteiger partial charge < -0.3 is 4.42 Å². The number of benzene rings is 2. The van der Waals surface area contributed by atoms with Crippen LogP contribution in [0.25, 0.3) is 17.5 Å². The van der Waals surface area contributed by atoms with Crippen LogP contribution >= 0.6 is 11.6 Å². The van der Waals surface area contributed by atoms with Crippen molar-refractivity contribution in [2.45, 2.75) is 6.54 Å². The maximum atomic E-state index is 12.4. The summed E-state index contributed by atoms with van der Waals surface area (Å²) in [5, 5.41) is 9.61. The molecular formula is C18H16ClN3O3S. The van der Waals surface area contributed by atoms with Crippen LogP contribution in [0.2, 0.25) is 5.02 Å². The van der Waals surface area contributed by atoms with Crippen molar-refractivity contribution in [1.82, 2.24) is 14.5 Å².